The molecular formula is C9H10OS. The Bertz CT molecular complexity index is 216. The maximum Gasteiger partial charge on any atom is 0.128 e. The minimum Gasteiger partial charge on any atom is -0.362 e. The zero-order valence-corrected chi connectivity index (χ0v) is 7.01. The molecule has 58 valence electrons. The second-order valence-corrected chi connectivity index (χ2v) is 3.65. The van der Waals surface area contributed by atoms with Crippen molar-refractivity contribution in [2.75, 3.05) is 12.4 Å². The van der Waals surface area contributed by atoms with Crippen molar-refractivity contribution < 1.29 is 4.74 Å². The lowest BCUT2D eigenvalue weighted by Crippen LogP contribution is -1.91. The summed E-state index contributed by atoms with van der Waals surface area (Å²) in [6, 6.07) is 10.4. The van der Waals surface area contributed by atoms with Gasteiger partial charge < -0.3 is 4.74 Å². The minimum atomic E-state index is 0.288. The van der Waals surface area contributed by atoms with Crippen LogP contribution in [0.2, 0.25) is 0 Å². The van der Waals surface area contributed by atoms with E-state index in [1.165, 1.54) is 5.56 Å². The largest absolute Gasteiger partial charge is 0.362 e. The van der Waals surface area contributed by atoms with Crippen molar-refractivity contribution in [3.8, 4) is 0 Å². The van der Waals surface area contributed by atoms with Crippen LogP contribution >= 0.6 is 11.8 Å². The molecule has 1 aliphatic heterocycles. The maximum absolute atomic E-state index is 5.50. The highest BCUT2D eigenvalue weighted by Crippen LogP contribution is 2.34. The van der Waals surface area contributed by atoms with Gasteiger partial charge in [0.1, 0.15) is 5.44 Å². The van der Waals surface area contributed by atoms with E-state index in [1.54, 1.807) is 0 Å². The zero-order chi connectivity index (χ0) is 7.52. The van der Waals surface area contributed by atoms with E-state index in [0.717, 1.165) is 12.4 Å². The molecule has 1 aliphatic rings. The molecule has 2 rings (SSSR count). The second-order valence-electron chi connectivity index (χ2n) is 2.48. The van der Waals surface area contributed by atoms with E-state index < -0.39 is 0 Å². The first-order valence-electron chi connectivity index (χ1n) is 3.75. The van der Waals surface area contributed by atoms with Crippen LogP contribution in [-0.4, -0.2) is 12.4 Å². The first kappa shape index (κ1) is 7.19. The number of thioether (sulfide) groups is 1. The van der Waals surface area contributed by atoms with Gasteiger partial charge >= 0.3 is 0 Å². The van der Waals surface area contributed by atoms with Crippen LogP contribution in [0.5, 0.6) is 0 Å². The van der Waals surface area contributed by atoms with Gasteiger partial charge in [0.05, 0.1) is 6.61 Å². The number of rotatable bonds is 1. The average Bonchev–Trinajstić information content (AvgIpc) is 2.58. The molecule has 0 unspecified atom stereocenters. The molecule has 0 saturated carbocycles. The van der Waals surface area contributed by atoms with E-state index in [-0.39, 0.29) is 5.44 Å². The molecule has 2 heteroatoms. The lowest BCUT2D eigenvalue weighted by Gasteiger charge is -2.07. The summed E-state index contributed by atoms with van der Waals surface area (Å²) in [5.74, 6) is 1.12. The van der Waals surface area contributed by atoms with Gasteiger partial charge in [0, 0.05) is 5.75 Å². The zero-order valence-electron chi connectivity index (χ0n) is 6.19. The quantitative estimate of drug-likeness (QED) is 0.633. The van der Waals surface area contributed by atoms with E-state index in [1.807, 2.05) is 17.8 Å². The Morgan fingerprint density at radius 3 is 2.73 bits per heavy atom. The fourth-order valence-corrected chi connectivity index (χ4v) is 2.11. The van der Waals surface area contributed by atoms with Gasteiger partial charge in [0.15, 0.2) is 0 Å². The van der Waals surface area contributed by atoms with Crippen molar-refractivity contribution in [1.29, 1.82) is 0 Å². The molecule has 1 aromatic carbocycles. The van der Waals surface area contributed by atoms with Crippen molar-refractivity contribution in [2.45, 2.75) is 5.44 Å². The van der Waals surface area contributed by atoms with Crippen molar-refractivity contribution >= 4 is 11.8 Å². The van der Waals surface area contributed by atoms with E-state index in [0.29, 0.717) is 0 Å². The van der Waals surface area contributed by atoms with Crippen LogP contribution in [0.15, 0.2) is 30.3 Å². The van der Waals surface area contributed by atoms with Crippen LogP contribution in [0.3, 0.4) is 0 Å². The lowest BCUT2D eigenvalue weighted by molar-refractivity contribution is 0.145. The second kappa shape index (κ2) is 3.28. The minimum absolute atomic E-state index is 0.288. The first-order valence-corrected chi connectivity index (χ1v) is 4.80. The Hall–Kier alpha value is -0.470. The Morgan fingerprint density at radius 1 is 1.27 bits per heavy atom. The summed E-state index contributed by atoms with van der Waals surface area (Å²) in [5.41, 5.74) is 1.58. The Balaban J connectivity index is 2.16. The normalized spacial score (nSPS) is 23.8. The first-order chi connectivity index (χ1) is 5.47. The molecule has 0 bridgehead atoms. The van der Waals surface area contributed by atoms with Gasteiger partial charge in [-0.3, -0.25) is 0 Å². The smallest absolute Gasteiger partial charge is 0.128 e. The third-order valence-electron chi connectivity index (χ3n) is 1.69. The van der Waals surface area contributed by atoms with Crippen molar-refractivity contribution in [3.63, 3.8) is 0 Å². The molecule has 0 spiro atoms. The molecule has 1 aromatic rings. The number of benzene rings is 1. The Morgan fingerprint density at radius 2 is 2.09 bits per heavy atom. The topological polar surface area (TPSA) is 9.23 Å². The Kier molecular flexibility index (Phi) is 2.15. The summed E-state index contributed by atoms with van der Waals surface area (Å²) in [7, 11) is 0. The number of ether oxygens (including phenoxy) is 1. The van der Waals surface area contributed by atoms with E-state index in [9.17, 15) is 0 Å². The highest BCUT2D eigenvalue weighted by molar-refractivity contribution is 7.99. The summed E-state index contributed by atoms with van der Waals surface area (Å²) < 4.78 is 5.50. The van der Waals surface area contributed by atoms with Gasteiger partial charge in [-0.1, -0.05) is 30.3 Å². The lowest BCUT2D eigenvalue weighted by atomic mass is 10.2. The van der Waals surface area contributed by atoms with Crippen molar-refractivity contribution in [1.82, 2.24) is 0 Å². The van der Waals surface area contributed by atoms with Crippen LogP contribution in [0, 0.1) is 0 Å². The predicted molar refractivity (Wildman–Crippen MR) is 47.6 cm³/mol. The summed E-state index contributed by atoms with van der Waals surface area (Å²) in [5, 5.41) is 0. The molecule has 1 heterocycles. The van der Waals surface area contributed by atoms with Crippen LogP contribution in [0.1, 0.15) is 11.0 Å². The van der Waals surface area contributed by atoms with Crippen LogP contribution < -0.4 is 0 Å². The summed E-state index contributed by atoms with van der Waals surface area (Å²) in [6.07, 6.45) is 0. The molecule has 0 aliphatic carbocycles. The van der Waals surface area contributed by atoms with Crippen molar-refractivity contribution in [3.05, 3.63) is 35.9 Å². The number of hydrogen-bond donors (Lipinski definition) is 0. The summed E-state index contributed by atoms with van der Waals surface area (Å²) in [6.45, 7) is 0.893. The van der Waals surface area contributed by atoms with E-state index in [2.05, 4.69) is 24.3 Å². The van der Waals surface area contributed by atoms with Gasteiger partial charge in [0.2, 0.25) is 0 Å². The van der Waals surface area contributed by atoms with Crippen LogP contribution in [0.25, 0.3) is 0 Å². The molecule has 0 aromatic heterocycles. The molecule has 11 heavy (non-hydrogen) atoms. The molecule has 1 fully saturated rings. The number of hydrogen-bond acceptors (Lipinski definition) is 2. The fourth-order valence-electron chi connectivity index (χ4n) is 1.16. The van der Waals surface area contributed by atoms with Gasteiger partial charge in [-0.15, -0.1) is 11.8 Å². The van der Waals surface area contributed by atoms with Crippen LogP contribution in [-0.2, 0) is 4.74 Å². The summed E-state index contributed by atoms with van der Waals surface area (Å²) in [4.78, 5) is 0. The highest BCUT2D eigenvalue weighted by Gasteiger charge is 2.16. The van der Waals surface area contributed by atoms with Crippen LogP contribution in [0.4, 0.5) is 0 Å². The van der Waals surface area contributed by atoms with Gasteiger partial charge in [-0.05, 0) is 5.56 Å². The third-order valence-corrected chi connectivity index (χ3v) is 2.81. The monoisotopic (exact) mass is 166 g/mol. The van der Waals surface area contributed by atoms with E-state index >= 15 is 0 Å². The van der Waals surface area contributed by atoms with Gasteiger partial charge in [-0.2, -0.15) is 0 Å². The molecule has 1 nitrogen and oxygen atoms in total. The highest BCUT2D eigenvalue weighted by atomic mass is 32.2. The van der Waals surface area contributed by atoms with Crippen molar-refractivity contribution in [2.24, 2.45) is 0 Å². The van der Waals surface area contributed by atoms with Gasteiger partial charge in [-0.25, -0.2) is 0 Å². The molecule has 0 N–H and O–H groups in total. The standard InChI is InChI=1S/C9H10OS/c1-2-4-8(5-3-1)9-10-6-7-11-9/h1-5,9H,6-7H2/t9-/m1/s1. The maximum atomic E-state index is 5.50. The SMILES string of the molecule is c1ccc([C@@H]2OCCS2)cc1. The Labute approximate surface area is 70.8 Å². The molecule has 1 saturated heterocycles. The molecule has 0 amide bonds. The third kappa shape index (κ3) is 1.57. The van der Waals surface area contributed by atoms with Gasteiger partial charge in [0.25, 0.3) is 0 Å². The molecule has 0 radical (unpaired) electrons. The predicted octanol–water partition coefficient (Wildman–Crippen LogP) is 2.45. The van der Waals surface area contributed by atoms with E-state index in [4.69, 9.17) is 4.74 Å². The molecule has 1 atom stereocenters. The average molecular weight is 166 g/mol. The molecular weight excluding hydrogens is 156 g/mol. The summed E-state index contributed by atoms with van der Waals surface area (Å²) >= 11 is 1.87. The fraction of sp³-hybridized carbons (Fsp3) is 0.333.